The van der Waals surface area contributed by atoms with Gasteiger partial charge in [0.1, 0.15) is 0 Å². The molecule has 5 heteroatoms. The molecule has 0 heterocycles. The molecule has 4 nitrogen and oxygen atoms in total. The minimum atomic E-state index is -0.361. The van der Waals surface area contributed by atoms with Crippen molar-refractivity contribution in [1.29, 1.82) is 0 Å². The summed E-state index contributed by atoms with van der Waals surface area (Å²) >= 11 is 3.31. The van der Waals surface area contributed by atoms with Crippen molar-refractivity contribution in [3.63, 3.8) is 0 Å². The first kappa shape index (κ1) is 13.5. The third kappa shape index (κ3) is 3.29. The van der Waals surface area contributed by atoms with Crippen LogP contribution in [0.3, 0.4) is 0 Å². The van der Waals surface area contributed by atoms with E-state index in [0.29, 0.717) is 6.54 Å². The number of rotatable bonds is 5. The van der Waals surface area contributed by atoms with E-state index in [-0.39, 0.29) is 16.1 Å². The Hall–Kier alpha value is -0.940. The lowest BCUT2D eigenvalue weighted by Crippen LogP contribution is -2.40. The number of nitro groups is 1. The molecule has 1 N–H and O–H groups in total. The summed E-state index contributed by atoms with van der Waals surface area (Å²) in [5, 5.41) is 14.3. The summed E-state index contributed by atoms with van der Waals surface area (Å²) in [6.07, 6.45) is 2.55. The largest absolute Gasteiger partial charge is 0.307 e. The monoisotopic (exact) mass is 312 g/mol. The average Bonchev–Trinajstić information content (AvgIpc) is 3.09. The molecule has 0 atom stereocenters. The van der Waals surface area contributed by atoms with Crippen LogP contribution in [0.25, 0.3) is 0 Å². The summed E-state index contributed by atoms with van der Waals surface area (Å²) in [7, 11) is 0. The second-order valence-corrected chi connectivity index (χ2v) is 6.34. The number of nitrogens with one attached hydrogen (secondary N) is 1. The molecule has 0 spiro atoms. The van der Waals surface area contributed by atoms with E-state index in [1.54, 1.807) is 6.07 Å². The van der Waals surface area contributed by atoms with E-state index < -0.39 is 0 Å². The number of halogens is 1. The Morgan fingerprint density at radius 3 is 2.67 bits per heavy atom. The minimum Gasteiger partial charge on any atom is -0.307 e. The molecule has 1 aromatic rings. The van der Waals surface area contributed by atoms with Crippen LogP contribution in [0.2, 0.25) is 0 Å². The van der Waals surface area contributed by atoms with Gasteiger partial charge in [-0.1, -0.05) is 15.9 Å². The molecule has 1 aliphatic rings. The smallest absolute Gasteiger partial charge is 0.270 e. The molecule has 0 aliphatic heterocycles. The van der Waals surface area contributed by atoms with E-state index in [0.717, 1.165) is 16.0 Å². The summed E-state index contributed by atoms with van der Waals surface area (Å²) in [5.74, 6) is 0.736. The predicted molar refractivity (Wildman–Crippen MR) is 74.4 cm³/mol. The van der Waals surface area contributed by atoms with Gasteiger partial charge in [0, 0.05) is 28.7 Å². The van der Waals surface area contributed by atoms with Gasteiger partial charge < -0.3 is 5.32 Å². The second-order valence-electron chi connectivity index (χ2n) is 5.42. The zero-order valence-corrected chi connectivity index (χ0v) is 12.2. The highest BCUT2D eigenvalue weighted by atomic mass is 79.9. The number of non-ortho nitro benzene ring substituents is 1. The van der Waals surface area contributed by atoms with Gasteiger partial charge in [0.15, 0.2) is 0 Å². The van der Waals surface area contributed by atoms with Gasteiger partial charge in [0.05, 0.1) is 4.92 Å². The van der Waals surface area contributed by atoms with Gasteiger partial charge in [-0.05, 0) is 44.2 Å². The Morgan fingerprint density at radius 2 is 2.11 bits per heavy atom. The van der Waals surface area contributed by atoms with Crippen LogP contribution in [0.15, 0.2) is 22.7 Å². The molecule has 0 saturated heterocycles. The van der Waals surface area contributed by atoms with Crippen molar-refractivity contribution in [2.75, 3.05) is 0 Å². The van der Waals surface area contributed by atoms with Gasteiger partial charge in [-0.25, -0.2) is 0 Å². The van der Waals surface area contributed by atoms with E-state index in [1.807, 2.05) is 6.07 Å². The molecule has 0 aromatic heterocycles. The summed E-state index contributed by atoms with van der Waals surface area (Å²) in [5.41, 5.74) is 1.17. The average molecular weight is 313 g/mol. The molecular weight excluding hydrogens is 296 g/mol. The number of hydrogen-bond acceptors (Lipinski definition) is 3. The first-order chi connectivity index (χ1) is 8.38. The normalized spacial score (nSPS) is 15.7. The Balaban J connectivity index is 2.06. The van der Waals surface area contributed by atoms with Crippen LogP contribution in [0.5, 0.6) is 0 Å². The van der Waals surface area contributed by atoms with Crippen molar-refractivity contribution >= 4 is 21.6 Å². The third-order valence-electron chi connectivity index (χ3n) is 3.50. The highest BCUT2D eigenvalue weighted by molar-refractivity contribution is 9.10. The van der Waals surface area contributed by atoms with Crippen molar-refractivity contribution in [1.82, 2.24) is 5.32 Å². The quantitative estimate of drug-likeness (QED) is 0.667. The van der Waals surface area contributed by atoms with Crippen molar-refractivity contribution in [2.24, 2.45) is 5.92 Å². The molecule has 98 valence electrons. The van der Waals surface area contributed by atoms with Gasteiger partial charge in [0.25, 0.3) is 5.69 Å². The zero-order valence-electron chi connectivity index (χ0n) is 10.6. The van der Waals surface area contributed by atoms with Crippen molar-refractivity contribution < 1.29 is 4.92 Å². The molecule has 0 radical (unpaired) electrons. The maximum absolute atomic E-state index is 10.8. The lowest BCUT2D eigenvalue weighted by Gasteiger charge is -2.26. The third-order valence-corrected chi connectivity index (χ3v) is 3.96. The lowest BCUT2D eigenvalue weighted by atomic mass is 9.98. The summed E-state index contributed by atoms with van der Waals surface area (Å²) < 4.78 is 0.748. The SMILES string of the molecule is CC(C)(NCc1cc(Br)cc([N+](=O)[O-])c1)C1CC1. The fourth-order valence-electron chi connectivity index (χ4n) is 2.12. The van der Waals surface area contributed by atoms with Crippen molar-refractivity contribution in [2.45, 2.75) is 38.8 Å². The first-order valence-corrected chi connectivity index (χ1v) is 6.87. The highest BCUT2D eigenvalue weighted by Gasteiger charge is 2.37. The minimum absolute atomic E-state index is 0.108. The fourth-order valence-corrected chi connectivity index (χ4v) is 2.65. The predicted octanol–water partition coefficient (Wildman–Crippen LogP) is 3.64. The van der Waals surface area contributed by atoms with Crippen LogP contribution in [0.4, 0.5) is 5.69 Å². The van der Waals surface area contributed by atoms with Gasteiger partial charge in [0.2, 0.25) is 0 Å². The molecule has 0 unspecified atom stereocenters. The standard InChI is InChI=1S/C13H17BrN2O2/c1-13(2,10-3-4-10)15-8-9-5-11(14)7-12(6-9)16(17)18/h5-7,10,15H,3-4,8H2,1-2H3. The number of nitro benzene ring substituents is 1. The molecule has 1 aliphatic carbocycles. The van der Waals surface area contributed by atoms with Crippen molar-refractivity contribution in [3.8, 4) is 0 Å². The van der Waals surface area contributed by atoms with Gasteiger partial charge in [-0.3, -0.25) is 10.1 Å². The van der Waals surface area contributed by atoms with Gasteiger partial charge in [-0.2, -0.15) is 0 Å². The Kier molecular flexibility index (Phi) is 3.73. The molecule has 1 saturated carbocycles. The molecule has 1 aromatic carbocycles. The molecule has 1 fully saturated rings. The highest BCUT2D eigenvalue weighted by Crippen LogP contribution is 2.39. The van der Waals surface area contributed by atoms with E-state index >= 15 is 0 Å². The second kappa shape index (κ2) is 4.97. The zero-order chi connectivity index (χ0) is 13.3. The fraction of sp³-hybridized carbons (Fsp3) is 0.538. The van der Waals surface area contributed by atoms with Crippen molar-refractivity contribution in [3.05, 3.63) is 38.3 Å². The number of nitrogens with zero attached hydrogens (tertiary/aromatic N) is 1. The van der Waals surface area contributed by atoms with Crippen LogP contribution < -0.4 is 5.32 Å². The molecule has 2 rings (SSSR count). The molecule has 0 amide bonds. The van der Waals surface area contributed by atoms with E-state index in [1.165, 1.54) is 18.9 Å². The molecule has 18 heavy (non-hydrogen) atoms. The van der Waals surface area contributed by atoms with Crippen LogP contribution in [0, 0.1) is 16.0 Å². The number of benzene rings is 1. The summed E-state index contributed by atoms with van der Waals surface area (Å²) in [6, 6.07) is 5.07. The summed E-state index contributed by atoms with van der Waals surface area (Å²) in [6.45, 7) is 5.04. The van der Waals surface area contributed by atoms with Gasteiger partial charge >= 0.3 is 0 Å². The van der Waals surface area contributed by atoms with Crippen LogP contribution in [-0.4, -0.2) is 10.5 Å². The maximum Gasteiger partial charge on any atom is 0.270 e. The number of hydrogen-bond donors (Lipinski definition) is 1. The Bertz CT molecular complexity index is 470. The maximum atomic E-state index is 10.8. The Morgan fingerprint density at radius 1 is 1.44 bits per heavy atom. The van der Waals surface area contributed by atoms with E-state index in [2.05, 4.69) is 35.1 Å². The lowest BCUT2D eigenvalue weighted by molar-refractivity contribution is -0.385. The van der Waals surface area contributed by atoms with Gasteiger partial charge in [-0.15, -0.1) is 0 Å². The van der Waals surface area contributed by atoms with Crippen LogP contribution >= 0.6 is 15.9 Å². The van der Waals surface area contributed by atoms with Crippen LogP contribution in [0.1, 0.15) is 32.3 Å². The molecule has 0 bridgehead atoms. The molecular formula is C13H17BrN2O2. The topological polar surface area (TPSA) is 55.2 Å². The van der Waals surface area contributed by atoms with E-state index in [4.69, 9.17) is 0 Å². The van der Waals surface area contributed by atoms with Crippen LogP contribution in [-0.2, 0) is 6.54 Å². The summed E-state index contributed by atoms with van der Waals surface area (Å²) in [4.78, 5) is 10.4. The van der Waals surface area contributed by atoms with E-state index in [9.17, 15) is 10.1 Å². The Labute approximate surface area is 115 Å². The first-order valence-electron chi connectivity index (χ1n) is 6.07.